The first-order valence-corrected chi connectivity index (χ1v) is 6.28. The molecule has 0 saturated carbocycles. The zero-order valence-corrected chi connectivity index (χ0v) is 11.4. The highest BCUT2D eigenvalue weighted by atomic mass is 16.5. The lowest BCUT2D eigenvalue weighted by molar-refractivity contribution is 0.0527. The molecule has 0 amide bonds. The molecule has 0 aliphatic carbocycles. The smallest absolute Gasteiger partial charge is 0.340 e. The number of nitrogens with two attached hydrogens (primary N) is 1. The topological polar surface area (TPSA) is 74.4 Å². The largest absolute Gasteiger partial charge is 0.462 e. The van der Waals surface area contributed by atoms with E-state index in [-0.39, 0.29) is 5.69 Å². The Bertz CT molecular complexity index is 626. The van der Waals surface area contributed by atoms with Gasteiger partial charge in [0.25, 0.3) is 0 Å². The molecule has 0 unspecified atom stereocenters. The molecule has 0 aliphatic heterocycles. The second-order valence-electron chi connectivity index (χ2n) is 4.13. The van der Waals surface area contributed by atoms with E-state index in [9.17, 15) is 4.79 Å². The fourth-order valence-electron chi connectivity index (χ4n) is 1.72. The Balaban J connectivity index is 2.32. The molecule has 0 spiro atoms. The summed E-state index contributed by atoms with van der Waals surface area (Å²) in [6.45, 7) is 3.87. The summed E-state index contributed by atoms with van der Waals surface area (Å²) in [5.41, 5.74) is 7.27. The normalized spacial score (nSPS) is 10.1. The predicted molar refractivity (Wildman–Crippen MR) is 75.9 cm³/mol. The third-order valence-electron chi connectivity index (χ3n) is 2.74. The summed E-state index contributed by atoms with van der Waals surface area (Å²) in [4.78, 5) is 15.9. The number of aryl methyl sites for hydroxylation is 1. The standard InChI is InChI=1S/C15H16N2O3/c1-3-19-15(18)11-6-4-7-13(14(11)16)20-12-8-5-9-17-10(12)2/h4-9H,3,16H2,1-2H3. The molecule has 1 aromatic heterocycles. The summed E-state index contributed by atoms with van der Waals surface area (Å²) in [5.74, 6) is 0.547. The number of carbonyl (C=O) groups is 1. The van der Waals surface area contributed by atoms with Crippen LogP contribution in [0.3, 0.4) is 0 Å². The van der Waals surface area contributed by atoms with Crippen molar-refractivity contribution in [1.82, 2.24) is 4.98 Å². The number of benzene rings is 1. The fraction of sp³-hybridized carbons (Fsp3) is 0.200. The zero-order chi connectivity index (χ0) is 14.5. The van der Waals surface area contributed by atoms with Crippen molar-refractivity contribution in [1.29, 1.82) is 0 Å². The number of rotatable bonds is 4. The fourth-order valence-corrected chi connectivity index (χ4v) is 1.72. The molecule has 0 saturated heterocycles. The molecule has 0 atom stereocenters. The molecular formula is C15H16N2O3. The molecule has 0 bridgehead atoms. The molecular weight excluding hydrogens is 256 g/mol. The number of ether oxygens (including phenoxy) is 2. The number of para-hydroxylation sites is 1. The van der Waals surface area contributed by atoms with Gasteiger partial charge in [-0.05, 0) is 38.1 Å². The number of pyridine rings is 1. The first kappa shape index (κ1) is 13.9. The van der Waals surface area contributed by atoms with E-state index in [1.807, 2.05) is 6.92 Å². The Morgan fingerprint density at radius 2 is 2.00 bits per heavy atom. The van der Waals surface area contributed by atoms with Crippen molar-refractivity contribution in [3.05, 3.63) is 47.8 Å². The van der Waals surface area contributed by atoms with Gasteiger partial charge in [0.1, 0.15) is 5.75 Å². The second-order valence-corrected chi connectivity index (χ2v) is 4.13. The van der Waals surface area contributed by atoms with Crippen LogP contribution in [0.1, 0.15) is 23.0 Å². The quantitative estimate of drug-likeness (QED) is 0.684. The third kappa shape index (κ3) is 2.88. The van der Waals surface area contributed by atoms with Gasteiger partial charge in [0, 0.05) is 6.20 Å². The van der Waals surface area contributed by atoms with Crippen LogP contribution in [0, 0.1) is 6.92 Å². The van der Waals surface area contributed by atoms with Crippen molar-refractivity contribution in [2.24, 2.45) is 0 Å². The summed E-state index contributed by atoms with van der Waals surface area (Å²) in [7, 11) is 0. The summed E-state index contributed by atoms with van der Waals surface area (Å²) in [5, 5.41) is 0. The maximum Gasteiger partial charge on any atom is 0.340 e. The maximum absolute atomic E-state index is 11.8. The SMILES string of the molecule is CCOC(=O)c1cccc(Oc2cccnc2C)c1N. The monoisotopic (exact) mass is 272 g/mol. The molecule has 2 aromatic rings. The lowest BCUT2D eigenvalue weighted by atomic mass is 10.1. The van der Waals surface area contributed by atoms with Gasteiger partial charge in [0.2, 0.25) is 0 Å². The third-order valence-corrected chi connectivity index (χ3v) is 2.74. The minimum Gasteiger partial charge on any atom is -0.462 e. The van der Waals surface area contributed by atoms with Crippen LogP contribution in [-0.2, 0) is 4.74 Å². The highest BCUT2D eigenvalue weighted by molar-refractivity contribution is 5.96. The van der Waals surface area contributed by atoms with Gasteiger partial charge in [-0.3, -0.25) is 4.98 Å². The van der Waals surface area contributed by atoms with E-state index in [0.717, 1.165) is 5.69 Å². The van der Waals surface area contributed by atoms with Gasteiger partial charge in [0.15, 0.2) is 5.75 Å². The number of hydrogen-bond acceptors (Lipinski definition) is 5. The Kier molecular flexibility index (Phi) is 4.20. The molecule has 5 nitrogen and oxygen atoms in total. The molecule has 104 valence electrons. The van der Waals surface area contributed by atoms with Crippen LogP contribution in [0.2, 0.25) is 0 Å². The minimum atomic E-state index is -0.460. The summed E-state index contributed by atoms with van der Waals surface area (Å²) < 4.78 is 10.7. The van der Waals surface area contributed by atoms with E-state index < -0.39 is 5.97 Å². The predicted octanol–water partition coefficient (Wildman–Crippen LogP) is 2.94. The van der Waals surface area contributed by atoms with E-state index in [4.69, 9.17) is 15.2 Å². The Labute approximate surface area is 117 Å². The summed E-state index contributed by atoms with van der Waals surface area (Å²) >= 11 is 0. The molecule has 0 fully saturated rings. The zero-order valence-electron chi connectivity index (χ0n) is 11.4. The number of anilines is 1. The molecule has 1 aromatic carbocycles. The van der Waals surface area contributed by atoms with Gasteiger partial charge in [0.05, 0.1) is 23.6 Å². The van der Waals surface area contributed by atoms with Crippen LogP contribution in [-0.4, -0.2) is 17.6 Å². The van der Waals surface area contributed by atoms with Gasteiger partial charge in [-0.1, -0.05) is 6.07 Å². The van der Waals surface area contributed by atoms with E-state index in [1.165, 1.54) is 0 Å². The van der Waals surface area contributed by atoms with Crippen molar-refractivity contribution in [3.63, 3.8) is 0 Å². The summed E-state index contributed by atoms with van der Waals surface area (Å²) in [6, 6.07) is 8.57. The molecule has 20 heavy (non-hydrogen) atoms. The van der Waals surface area contributed by atoms with E-state index in [0.29, 0.717) is 23.7 Å². The Hall–Kier alpha value is -2.56. The average Bonchev–Trinajstić information content (AvgIpc) is 2.43. The molecule has 5 heteroatoms. The Morgan fingerprint density at radius 1 is 1.25 bits per heavy atom. The van der Waals surface area contributed by atoms with E-state index in [2.05, 4.69) is 4.98 Å². The van der Waals surface area contributed by atoms with Gasteiger partial charge in [-0.15, -0.1) is 0 Å². The van der Waals surface area contributed by atoms with Crippen LogP contribution < -0.4 is 10.5 Å². The Morgan fingerprint density at radius 3 is 2.70 bits per heavy atom. The highest BCUT2D eigenvalue weighted by Crippen LogP contribution is 2.31. The number of carbonyl (C=O) groups excluding carboxylic acids is 1. The van der Waals surface area contributed by atoms with Crippen LogP contribution in [0.5, 0.6) is 11.5 Å². The lowest BCUT2D eigenvalue weighted by Crippen LogP contribution is -2.08. The molecule has 2 rings (SSSR count). The first-order chi connectivity index (χ1) is 9.63. The van der Waals surface area contributed by atoms with E-state index in [1.54, 1.807) is 43.5 Å². The molecule has 2 N–H and O–H groups in total. The van der Waals surface area contributed by atoms with Crippen LogP contribution in [0.15, 0.2) is 36.5 Å². The average molecular weight is 272 g/mol. The highest BCUT2D eigenvalue weighted by Gasteiger charge is 2.15. The number of nitrogens with zero attached hydrogens (tertiary/aromatic N) is 1. The van der Waals surface area contributed by atoms with Crippen LogP contribution >= 0.6 is 0 Å². The van der Waals surface area contributed by atoms with Crippen molar-refractivity contribution in [3.8, 4) is 11.5 Å². The molecule has 0 radical (unpaired) electrons. The lowest BCUT2D eigenvalue weighted by Gasteiger charge is -2.12. The number of aromatic nitrogens is 1. The van der Waals surface area contributed by atoms with Crippen molar-refractivity contribution in [2.75, 3.05) is 12.3 Å². The molecule has 1 heterocycles. The van der Waals surface area contributed by atoms with Crippen molar-refractivity contribution >= 4 is 11.7 Å². The van der Waals surface area contributed by atoms with Crippen LogP contribution in [0.25, 0.3) is 0 Å². The van der Waals surface area contributed by atoms with Gasteiger partial charge >= 0.3 is 5.97 Å². The number of hydrogen-bond donors (Lipinski definition) is 1. The van der Waals surface area contributed by atoms with Crippen LogP contribution in [0.4, 0.5) is 5.69 Å². The second kappa shape index (κ2) is 6.06. The summed E-state index contributed by atoms with van der Waals surface area (Å²) in [6.07, 6.45) is 1.68. The first-order valence-electron chi connectivity index (χ1n) is 6.28. The van der Waals surface area contributed by atoms with Crippen molar-refractivity contribution < 1.29 is 14.3 Å². The molecule has 0 aliphatic rings. The van der Waals surface area contributed by atoms with Gasteiger partial charge < -0.3 is 15.2 Å². The van der Waals surface area contributed by atoms with Gasteiger partial charge in [-0.2, -0.15) is 0 Å². The minimum absolute atomic E-state index is 0.259. The van der Waals surface area contributed by atoms with E-state index >= 15 is 0 Å². The van der Waals surface area contributed by atoms with Crippen molar-refractivity contribution in [2.45, 2.75) is 13.8 Å². The number of esters is 1. The maximum atomic E-state index is 11.8. The van der Waals surface area contributed by atoms with Gasteiger partial charge in [-0.25, -0.2) is 4.79 Å². The number of nitrogen functional groups attached to an aromatic ring is 1.